The first kappa shape index (κ1) is 16.2. The van der Waals surface area contributed by atoms with E-state index in [1.165, 1.54) is 0 Å². The molecular formula is C14H28N2O3. The van der Waals surface area contributed by atoms with Crippen LogP contribution in [0.2, 0.25) is 0 Å². The molecule has 19 heavy (non-hydrogen) atoms. The molecule has 5 nitrogen and oxygen atoms in total. The number of carbonyl (C=O) groups excluding carboxylic acids is 1. The molecule has 112 valence electrons. The molecule has 1 aliphatic heterocycles. The van der Waals surface area contributed by atoms with E-state index in [4.69, 9.17) is 9.47 Å². The summed E-state index contributed by atoms with van der Waals surface area (Å²) in [5.41, 5.74) is -0.574. The number of carbonyl (C=O) groups is 1. The number of rotatable bonds is 5. The van der Waals surface area contributed by atoms with Crippen molar-refractivity contribution in [2.75, 3.05) is 26.3 Å². The van der Waals surface area contributed by atoms with E-state index in [2.05, 4.69) is 17.6 Å². The Morgan fingerprint density at radius 3 is 2.26 bits per heavy atom. The lowest BCUT2D eigenvalue weighted by Crippen LogP contribution is -2.54. The Balaban J connectivity index is 2.28. The van der Waals surface area contributed by atoms with Gasteiger partial charge in [0.15, 0.2) is 0 Å². The Labute approximate surface area is 116 Å². The van der Waals surface area contributed by atoms with Crippen molar-refractivity contribution in [1.82, 2.24) is 10.6 Å². The fraction of sp³-hybridized carbons (Fsp3) is 0.929. The smallest absolute Gasteiger partial charge is 0.408 e. The quantitative estimate of drug-likeness (QED) is 0.802. The third-order valence-electron chi connectivity index (χ3n) is 2.86. The highest BCUT2D eigenvalue weighted by Gasteiger charge is 2.33. The summed E-state index contributed by atoms with van der Waals surface area (Å²) in [7, 11) is 0. The molecule has 5 heteroatoms. The van der Waals surface area contributed by atoms with Crippen LogP contribution in [0.3, 0.4) is 0 Å². The number of nitrogens with one attached hydrogen (secondary N) is 2. The van der Waals surface area contributed by atoms with Crippen LogP contribution >= 0.6 is 0 Å². The van der Waals surface area contributed by atoms with Gasteiger partial charge in [-0.25, -0.2) is 4.79 Å². The molecule has 0 bridgehead atoms. The van der Waals surface area contributed by atoms with Gasteiger partial charge in [0.1, 0.15) is 5.60 Å². The number of hydrogen-bond acceptors (Lipinski definition) is 4. The zero-order valence-corrected chi connectivity index (χ0v) is 13.1. The van der Waals surface area contributed by atoms with Crippen LogP contribution in [-0.4, -0.2) is 43.5 Å². The Bertz CT molecular complexity index is 317. The summed E-state index contributed by atoms with van der Waals surface area (Å²) in [6.07, 6.45) is -0.377. The first-order valence-electron chi connectivity index (χ1n) is 6.81. The van der Waals surface area contributed by atoms with Gasteiger partial charge < -0.3 is 20.1 Å². The topological polar surface area (TPSA) is 59.6 Å². The molecule has 2 N–H and O–H groups in total. The van der Waals surface area contributed by atoms with Crippen molar-refractivity contribution in [2.45, 2.75) is 52.7 Å². The maximum absolute atomic E-state index is 11.7. The molecule has 1 saturated heterocycles. The van der Waals surface area contributed by atoms with E-state index in [-0.39, 0.29) is 17.0 Å². The Kier molecular flexibility index (Phi) is 4.85. The van der Waals surface area contributed by atoms with E-state index in [0.29, 0.717) is 6.54 Å². The molecular weight excluding hydrogens is 244 g/mol. The Hall–Kier alpha value is -0.810. The van der Waals surface area contributed by atoms with Crippen molar-refractivity contribution >= 4 is 6.09 Å². The van der Waals surface area contributed by atoms with E-state index < -0.39 is 5.60 Å². The van der Waals surface area contributed by atoms with E-state index in [1.54, 1.807) is 0 Å². The Morgan fingerprint density at radius 1 is 1.26 bits per heavy atom. The number of ether oxygens (including phenoxy) is 2. The molecule has 0 atom stereocenters. The van der Waals surface area contributed by atoms with Gasteiger partial charge >= 0.3 is 6.09 Å². The van der Waals surface area contributed by atoms with Gasteiger partial charge in [0, 0.05) is 18.5 Å². The Morgan fingerprint density at radius 2 is 1.84 bits per heavy atom. The van der Waals surface area contributed by atoms with E-state index in [9.17, 15) is 4.79 Å². The third kappa shape index (κ3) is 6.25. The minimum atomic E-state index is -0.468. The second-order valence-corrected chi connectivity index (χ2v) is 7.42. The minimum Gasteiger partial charge on any atom is -0.444 e. The number of hydrogen-bond donors (Lipinski definition) is 2. The average Bonchev–Trinajstić information content (AvgIpc) is 2.10. The van der Waals surface area contributed by atoms with Crippen LogP contribution in [0, 0.1) is 5.41 Å². The van der Waals surface area contributed by atoms with Crippen molar-refractivity contribution in [2.24, 2.45) is 5.41 Å². The summed E-state index contributed by atoms with van der Waals surface area (Å²) in [5.74, 6) is 0. The summed E-state index contributed by atoms with van der Waals surface area (Å²) in [6.45, 7) is 14.9. The molecule has 0 saturated carbocycles. The van der Waals surface area contributed by atoms with Crippen LogP contribution in [0.25, 0.3) is 0 Å². The van der Waals surface area contributed by atoms with Crippen molar-refractivity contribution in [3.8, 4) is 0 Å². The predicted octanol–water partition coefficient (Wildman–Crippen LogP) is 1.92. The molecule has 1 fully saturated rings. The first-order valence-corrected chi connectivity index (χ1v) is 6.81. The molecule has 1 amide bonds. The molecule has 1 aliphatic rings. The van der Waals surface area contributed by atoms with Crippen molar-refractivity contribution in [3.05, 3.63) is 0 Å². The SMILES string of the molecule is CC1(CNCC(C)(C)NC(=O)OC(C)(C)C)COC1. The van der Waals surface area contributed by atoms with Crippen molar-refractivity contribution in [3.63, 3.8) is 0 Å². The maximum atomic E-state index is 11.7. The molecule has 0 aromatic rings. The summed E-state index contributed by atoms with van der Waals surface area (Å²) in [5, 5.41) is 6.27. The van der Waals surface area contributed by atoms with Crippen molar-refractivity contribution in [1.29, 1.82) is 0 Å². The van der Waals surface area contributed by atoms with Crippen LogP contribution in [0.5, 0.6) is 0 Å². The van der Waals surface area contributed by atoms with Gasteiger partial charge in [0.25, 0.3) is 0 Å². The number of alkyl carbamates (subject to hydrolysis) is 1. The highest BCUT2D eigenvalue weighted by atomic mass is 16.6. The second kappa shape index (κ2) is 5.67. The fourth-order valence-electron chi connectivity index (χ4n) is 1.85. The predicted molar refractivity (Wildman–Crippen MR) is 75.2 cm³/mol. The average molecular weight is 272 g/mol. The van der Waals surface area contributed by atoms with Crippen molar-refractivity contribution < 1.29 is 14.3 Å². The molecule has 0 unspecified atom stereocenters. The van der Waals surface area contributed by atoms with Gasteiger partial charge in [0.2, 0.25) is 0 Å². The van der Waals surface area contributed by atoms with Crippen LogP contribution in [0.1, 0.15) is 41.5 Å². The molecule has 0 radical (unpaired) electrons. The lowest BCUT2D eigenvalue weighted by atomic mass is 9.88. The van der Waals surface area contributed by atoms with Crippen LogP contribution < -0.4 is 10.6 Å². The summed E-state index contributed by atoms with van der Waals surface area (Å²) in [6, 6.07) is 0. The standard InChI is InChI=1S/C14H28N2O3/c1-12(2,3)19-11(17)16-13(4,5)7-15-8-14(6)9-18-10-14/h15H,7-10H2,1-6H3,(H,16,17). The monoisotopic (exact) mass is 272 g/mol. The molecule has 1 heterocycles. The van der Waals surface area contributed by atoms with E-state index >= 15 is 0 Å². The lowest BCUT2D eigenvalue weighted by Gasteiger charge is -2.39. The normalized spacial score (nSPS) is 18.6. The molecule has 1 rings (SSSR count). The zero-order chi connectivity index (χ0) is 14.7. The highest BCUT2D eigenvalue weighted by molar-refractivity contribution is 5.68. The summed E-state index contributed by atoms with van der Waals surface area (Å²) in [4.78, 5) is 11.7. The van der Waals surface area contributed by atoms with Crippen LogP contribution in [0.4, 0.5) is 4.79 Å². The van der Waals surface area contributed by atoms with E-state index in [0.717, 1.165) is 19.8 Å². The highest BCUT2D eigenvalue weighted by Crippen LogP contribution is 2.25. The lowest BCUT2D eigenvalue weighted by molar-refractivity contribution is -0.0993. The molecule has 0 aliphatic carbocycles. The molecule has 0 spiro atoms. The van der Waals surface area contributed by atoms with Gasteiger partial charge in [-0.1, -0.05) is 6.92 Å². The second-order valence-electron chi connectivity index (χ2n) is 7.42. The summed E-state index contributed by atoms with van der Waals surface area (Å²) < 4.78 is 10.5. The van der Waals surface area contributed by atoms with Gasteiger partial charge in [-0.05, 0) is 34.6 Å². The van der Waals surface area contributed by atoms with Gasteiger partial charge in [-0.3, -0.25) is 0 Å². The summed E-state index contributed by atoms with van der Waals surface area (Å²) >= 11 is 0. The number of amides is 1. The molecule has 0 aromatic heterocycles. The first-order chi connectivity index (χ1) is 8.52. The molecule has 0 aromatic carbocycles. The van der Waals surface area contributed by atoms with Gasteiger partial charge in [0.05, 0.1) is 18.8 Å². The van der Waals surface area contributed by atoms with Crippen LogP contribution in [-0.2, 0) is 9.47 Å². The largest absolute Gasteiger partial charge is 0.444 e. The zero-order valence-electron chi connectivity index (χ0n) is 13.1. The van der Waals surface area contributed by atoms with Gasteiger partial charge in [-0.2, -0.15) is 0 Å². The maximum Gasteiger partial charge on any atom is 0.408 e. The third-order valence-corrected chi connectivity index (χ3v) is 2.86. The minimum absolute atomic E-state index is 0.238. The van der Waals surface area contributed by atoms with Crippen LogP contribution in [0.15, 0.2) is 0 Å². The van der Waals surface area contributed by atoms with E-state index in [1.807, 2.05) is 34.6 Å². The fourth-order valence-corrected chi connectivity index (χ4v) is 1.85. The van der Waals surface area contributed by atoms with Gasteiger partial charge in [-0.15, -0.1) is 0 Å².